The summed E-state index contributed by atoms with van der Waals surface area (Å²) in [4.78, 5) is 0. The topological polar surface area (TPSA) is 9.23 Å². The fraction of sp³-hybridized carbons (Fsp3) is 1.00. The summed E-state index contributed by atoms with van der Waals surface area (Å²) in [6.07, 6.45) is 8.32. The van der Waals surface area contributed by atoms with E-state index in [1.807, 2.05) is 0 Å². The monoisotopic (exact) mass is 398 g/mol. The van der Waals surface area contributed by atoms with Crippen LogP contribution in [0.25, 0.3) is 0 Å². The summed E-state index contributed by atoms with van der Waals surface area (Å²) < 4.78 is 14.8. The first-order valence-corrected chi connectivity index (χ1v) is 18.0. The summed E-state index contributed by atoms with van der Waals surface area (Å²) in [6, 6.07) is 0. The van der Waals surface area contributed by atoms with Crippen molar-refractivity contribution in [3.8, 4) is 0 Å². The van der Waals surface area contributed by atoms with Crippen LogP contribution < -0.4 is 0 Å². The Morgan fingerprint density at radius 2 is 1.00 bits per heavy atom. The maximum absolute atomic E-state index is 7.52. The normalized spacial score (nSPS) is 13.3. The van der Waals surface area contributed by atoms with Crippen LogP contribution in [-0.4, -0.2) is 0 Å². The molecule has 23 heavy (non-hydrogen) atoms. The van der Waals surface area contributed by atoms with E-state index in [0.717, 1.165) is 8.45 Å². The van der Waals surface area contributed by atoms with Crippen LogP contribution >= 0.6 is 0 Å². The van der Waals surface area contributed by atoms with Crippen molar-refractivity contribution in [3.63, 3.8) is 0 Å². The fourth-order valence-corrected chi connectivity index (χ4v) is 26.4. The van der Waals surface area contributed by atoms with Gasteiger partial charge in [0.1, 0.15) is 0 Å². The standard InChI is InChI=1S/2C5H11.2C3H7.2C2H5.O.2Ti/c2*1-3-5-4-2;2*1-3-2;2*1-2;;;/h2*1,3-5H2,2H3;2*3H,1-2H3;2*1H2,2H3;;;. The average molecular weight is 398 g/mol. The van der Waals surface area contributed by atoms with Crippen molar-refractivity contribution < 1.29 is 35.9 Å². The predicted molar refractivity (Wildman–Crippen MR) is 101 cm³/mol. The minimum atomic E-state index is -2.22. The first kappa shape index (κ1) is 24.4. The first-order chi connectivity index (χ1) is 10.8. The molecule has 0 saturated carbocycles. The molecule has 0 aromatic heterocycles. The zero-order valence-electron chi connectivity index (χ0n) is 17.6. The molecule has 0 aromatic carbocycles. The number of hydrogen-bond acceptors (Lipinski definition) is 1. The van der Waals surface area contributed by atoms with E-state index in [4.69, 9.17) is 1.90 Å². The van der Waals surface area contributed by atoms with Crippen molar-refractivity contribution in [1.29, 1.82) is 0 Å². The van der Waals surface area contributed by atoms with Gasteiger partial charge >= 0.3 is 157 Å². The number of hydrogen-bond donors (Lipinski definition) is 0. The van der Waals surface area contributed by atoms with E-state index >= 15 is 0 Å². The van der Waals surface area contributed by atoms with Crippen molar-refractivity contribution in [2.75, 3.05) is 0 Å². The quantitative estimate of drug-likeness (QED) is 0.210. The molecular formula is C20H46OTi2. The predicted octanol–water partition coefficient (Wildman–Crippen LogP) is 8.89. The summed E-state index contributed by atoms with van der Waals surface area (Å²) in [7, 11) is 0. The molecule has 0 aliphatic carbocycles. The third-order valence-corrected chi connectivity index (χ3v) is 26.7. The second-order valence-electron chi connectivity index (χ2n) is 8.16. The molecular weight excluding hydrogens is 352 g/mol. The third kappa shape index (κ3) is 7.65. The Morgan fingerprint density at radius 3 is 1.26 bits per heavy atom. The van der Waals surface area contributed by atoms with Crippen LogP contribution in [0.3, 0.4) is 0 Å². The van der Waals surface area contributed by atoms with E-state index < -0.39 is 34.0 Å². The maximum atomic E-state index is 7.52. The minimum absolute atomic E-state index is 0.811. The molecule has 0 radical (unpaired) electrons. The van der Waals surface area contributed by atoms with Gasteiger partial charge in [-0.2, -0.15) is 0 Å². The van der Waals surface area contributed by atoms with Gasteiger partial charge in [0.15, 0.2) is 0 Å². The Morgan fingerprint density at radius 1 is 0.609 bits per heavy atom. The van der Waals surface area contributed by atoms with Crippen LogP contribution in [0.15, 0.2) is 0 Å². The van der Waals surface area contributed by atoms with Crippen molar-refractivity contribution >= 4 is 0 Å². The van der Waals surface area contributed by atoms with E-state index in [0.29, 0.717) is 0 Å². The molecule has 0 saturated heterocycles. The van der Waals surface area contributed by atoms with Gasteiger partial charge in [-0.05, 0) is 0 Å². The molecule has 1 nitrogen and oxygen atoms in total. The van der Waals surface area contributed by atoms with Gasteiger partial charge in [-0.15, -0.1) is 0 Å². The van der Waals surface area contributed by atoms with Crippen LogP contribution in [0.5, 0.6) is 0 Å². The van der Waals surface area contributed by atoms with Gasteiger partial charge in [0.2, 0.25) is 0 Å². The molecule has 0 aliphatic rings. The molecule has 0 rings (SSSR count). The van der Waals surface area contributed by atoms with Gasteiger partial charge < -0.3 is 0 Å². The Balaban J connectivity index is 5.39. The summed E-state index contributed by atoms with van der Waals surface area (Å²) in [5.74, 6) is 0. The second kappa shape index (κ2) is 12.7. The molecule has 0 amide bonds. The van der Waals surface area contributed by atoms with Gasteiger partial charge in [0.25, 0.3) is 0 Å². The van der Waals surface area contributed by atoms with Gasteiger partial charge in [0, 0.05) is 0 Å². The van der Waals surface area contributed by atoms with Crippen molar-refractivity contribution in [2.45, 2.75) is 121 Å². The van der Waals surface area contributed by atoms with Crippen LogP contribution in [0.4, 0.5) is 0 Å². The molecule has 0 aromatic rings. The van der Waals surface area contributed by atoms with Crippen molar-refractivity contribution in [2.24, 2.45) is 0 Å². The van der Waals surface area contributed by atoms with E-state index in [2.05, 4.69) is 55.4 Å². The van der Waals surface area contributed by atoms with Crippen LogP contribution in [0.1, 0.15) is 93.9 Å². The molecule has 0 bridgehead atoms. The van der Waals surface area contributed by atoms with Gasteiger partial charge in [-0.1, -0.05) is 0 Å². The Kier molecular flexibility index (Phi) is 13.5. The van der Waals surface area contributed by atoms with Crippen LogP contribution in [-0.2, 0) is 35.9 Å². The molecule has 140 valence electrons. The van der Waals surface area contributed by atoms with Gasteiger partial charge in [-0.25, -0.2) is 0 Å². The zero-order valence-corrected chi connectivity index (χ0v) is 20.8. The number of unbranched alkanes of at least 4 members (excludes halogenated alkanes) is 4. The van der Waals surface area contributed by atoms with Crippen LogP contribution in [0.2, 0.25) is 27.3 Å². The van der Waals surface area contributed by atoms with E-state index in [9.17, 15) is 0 Å². The Labute approximate surface area is 156 Å². The van der Waals surface area contributed by atoms with E-state index in [1.165, 1.54) is 57.4 Å². The van der Waals surface area contributed by atoms with Crippen LogP contribution in [0, 0.1) is 0 Å². The molecule has 0 atom stereocenters. The summed E-state index contributed by atoms with van der Waals surface area (Å²) >= 11 is -4.36. The average Bonchev–Trinajstić information content (AvgIpc) is 2.52. The first-order valence-electron chi connectivity index (χ1n) is 10.5. The zero-order chi connectivity index (χ0) is 17.9. The SMILES string of the molecule is CCCC[CH2][Ti]([CH2]CCCC)([O][Ti]([CH2]C)([CH2]C)[CH](C)C)[CH](C)C. The Bertz CT molecular complexity index is 275. The Hall–Kier alpha value is 1.39. The summed E-state index contributed by atoms with van der Waals surface area (Å²) in [6.45, 7) is 19.4. The molecule has 0 unspecified atom stereocenters. The van der Waals surface area contributed by atoms with Gasteiger partial charge in [0.05, 0.1) is 0 Å². The number of rotatable bonds is 14. The summed E-state index contributed by atoms with van der Waals surface area (Å²) in [5.41, 5.74) is 0. The molecule has 0 heterocycles. The molecule has 0 fully saturated rings. The molecule has 3 heteroatoms. The van der Waals surface area contributed by atoms with Crippen molar-refractivity contribution in [1.82, 2.24) is 0 Å². The van der Waals surface area contributed by atoms with Gasteiger partial charge in [-0.3, -0.25) is 0 Å². The van der Waals surface area contributed by atoms with E-state index in [-0.39, 0.29) is 0 Å². The molecule has 0 N–H and O–H groups in total. The second-order valence-corrected chi connectivity index (χ2v) is 23.8. The third-order valence-electron chi connectivity index (χ3n) is 6.11. The summed E-state index contributed by atoms with van der Waals surface area (Å²) in [5, 5.41) is 0. The van der Waals surface area contributed by atoms with E-state index in [1.54, 1.807) is 0 Å². The molecule has 0 aliphatic heterocycles. The van der Waals surface area contributed by atoms with Crippen molar-refractivity contribution in [3.05, 3.63) is 0 Å². The molecule has 0 spiro atoms. The fourth-order valence-electron chi connectivity index (χ4n) is 4.00.